The highest BCUT2D eigenvalue weighted by atomic mass is 32.2. The molecule has 9 heteroatoms. The van der Waals surface area contributed by atoms with Crippen LogP contribution in [0.15, 0.2) is 114 Å². The van der Waals surface area contributed by atoms with E-state index >= 15 is 0 Å². The van der Waals surface area contributed by atoms with Gasteiger partial charge in [-0.3, -0.25) is 14.3 Å². The van der Waals surface area contributed by atoms with E-state index in [0.717, 1.165) is 33.7 Å². The van der Waals surface area contributed by atoms with Crippen molar-refractivity contribution in [3.63, 3.8) is 0 Å². The van der Waals surface area contributed by atoms with Crippen LogP contribution in [0.5, 0.6) is 5.75 Å². The Labute approximate surface area is 230 Å². The maximum Gasteiger partial charge on any atom is 0.250 e. The summed E-state index contributed by atoms with van der Waals surface area (Å²) in [6.45, 7) is 2.54. The molecule has 0 fully saturated rings. The fourth-order valence-electron chi connectivity index (χ4n) is 3.71. The summed E-state index contributed by atoms with van der Waals surface area (Å²) in [5, 5.41) is 13.5. The van der Waals surface area contributed by atoms with Gasteiger partial charge in [0.1, 0.15) is 12.4 Å². The van der Waals surface area contributed by atoms with Crippen LogP contribution in [0.1, 0.15) is 16.7 Å². The Hall–Kier alpha value is -4.76. The molecule has 0 atom stereocenters. The number of nitrogens with one attached hydrogen (secondary N) is 1. The number of hydrogen-bond donors (Lipinski definition) is 1. The minimum absolute atomic E-state index is 0.129. The molecule has 0 unspecified atom stereocenters. The number of ether oxygens (including phenoxy) is 1. The van der Waals surface area contributed by atoms with Crippen molar-refractivity contribution < 1.29 is 9.53 Å². The molecule has 5 rings (SSSR count). The van der Waals surface area contributed by atoms with E-state index in [1.807, 2.05) is 102 Å². The summed E-state index contributed by atoms with van der Waals surface area (Å²) >= 11 is 1.29. The molecule has 8 nitrogen and oxygen atoms in total. The number of hydrazone groups is 1. The predicted octanol–water partition coefficient (Wildman–Crippen LogP) is 5.46. The van der Waals surface area contributed by atoms with Gasteiger partial charge >= 0.3 is 0 Å². The first kappa shape index (κ1) is 25.9. The van der Waals surface area contributed by atoms with E-state index in [1.54, 1.807) is 18.6 Å². The van der Waals surface area contributed by atoms with Crippen LogP contribution in [0.3, 0.4) is 0 Å². The highest BCUT2D eigenvalue weighted by Crippen LogP contribution is 2.27. The molecule has 0 aliphatic carbocycles. The van der Waals surface area contributed by atoms with Gasteiger partial charge in [-0.15, -0.1) is 10.2 Å². The van der Waals surface area contributed by atoms with E-state index in [-0.39, 0.29) is 11.7 Å². The zero-order valence-corrected chi connectivity index (χ0v) is 22.1. The Morgan fingerprint density at radius 2 is 1.69 bits per heavy atom. The number of benzene rings is 3. The van der Waals surface area contributed by atoms with Gasteiger partial charge in [0.05, 0.1) is 12.0 Å². The third-order valence-corrected chi connectivity index (χ3v) is 6.66. The fraction of sp³-hybridized carbons (Fsp3) is 0.100. The molecule has 194 valence electrons. The summed E-state index contributed by atoms with van der Waals surface area (Å²) in [7, 11) is 0. The third kappa shape index (κ3) is 6.97. The Kier molecular flexibility index (Phi) is 8.40. The van der Waals surface area contributed by atoms with Crippen LogP contribution in [-0.4, -0.2) is 37.6 Å². The molecular formula is C30H26N6O2S. The second-order valence-corrected chi connectivity index (χ2v) is 9.58. The molecule has 0 spiro atoms. The smallest absolute Gasteiger partial charge is 0.250 e. The van der Waals surface area contributed by atoms with E-state index in [0.29, 0.717) is 17.6 Å². The Balaban J connectivity index is 1.18. The van der Waals surface area contributed by atoms with Crippen LogP contribution in [0.2, 0.25) is 0 Å². The molecule has 39 heavy (non-hydrogen) atoms. The van der Waals surface area contributed by atoms with Gasteiger partial charge in [0.15, 0.2) is 11.0 Å². The van der Waals surface area contributed by atoms with Gasteiger partial charge in [0, 0.05) is 23.6 Å². The molecule has 0 aliphatic rings. The van der Waals surface area contributed by atoms with Gasteiger partial charge in [0.2, 0.25) is 0 Å². The van der Waals surface area contributed by atoms with Crippen LogP contribution in [0.25, 0.3) is 17.1 Å². The number of nitrogens with zero attached hydrogens (tertiary/aromatic N) is 5. The number of carbonyl (C=O) groups is 1. The molecule has 1 N–H and O–H groups in total. The summed E-state index contributed by atoms with van der Waals surface area (Å²) in [5.41, 5.74) is 7.48. The van der Waals surface area contributed by atoms with Crippen molar-refractivity contribution in [3.8, 4) is 22.8 Å². The van der Waals surface area contributed by atoms with E-state index < -0.39 is 0 Å². The average molecular weight is 535 g/mol. The second-order valence-electron chi connectivity index (χ2n) is 8.64. The molecule has 2 heterocycles. The second kappa shape index (κ2) is 12.7. The number of pyridine rings is 1. The number of thioether (sulfide) groups is 1. The first-order chi connectivity index (χ1) is 19.2. The lowest BCUT2D eigenvalue weighted by Gasteiger charge is -2.10. The zero-order valence-electron chi connectivity index (χ0n) is 21.3. The molecule has 0 radical (unpaired) electrons. The largest absolute Gasteiger partial charge is 0.489 e. The van der Waals surface area contributed by atoms with E-state index in [1.165, 1.54) is 11.8 Å². The lowest BCUT2D eigenvalue weighted by atomic mass is 10.2. The summed E-state index contributed by atoms with van der Waals surface area (Å²) in [4.78, 5) is 16.6. The Morgan fingerprint density at radius 3 is 2.44 bits per heavy atom. The lowest BCUT2D eigenvalue weighted by molar-refractivity contribution is -0.118. The predicted molar refractivity (Wildman–Crippen MR) is 153 cm³/mol. The lowest BCUT2D eigenvalue weighted by Crippen LogP contribution is -2.20. The van der Waals surface area contributed by atoms with Crippen LogP contribution in [-0.2, 0) is 11.4 Å². The minimum atomic E-state index is -0.247. The van der Waals surface area contributed by atoms with E-state index in [4.69, 9.17) is 4.74 Å². The molecule has 0 bridgehead atoms. The number of amides is 1. The topological polar surface area (TPSA) is 94.3 Å². The fourth-order valence-corrected chi connectivity index (χ4v) is 4.45. The number of rotatable bonds is 10. The quantitative estimate of drug-likeness (QED) is 0.145. The zero-order chi connectivity index (χ0) is 26.9. The van der Waals surface area contributed by atoms with Gasteiger partial charge in [-0.05, 0) is 66.6 Å². The van der Waals surface area contributed by atoms with Gasteiger partial charge < -0.3 is 4.74 Å². The molecule has 5 aromatic rings. The van der Waals surface area contributed by atoms with Crippen LogP contribution >= 0.6 is 11.8 Å². The van der Waals surface area contributed by atoms with Crippen LogP contribution in [0, 0.1) is 6.92 Å². The molecule has 0 aliphatic heterocycles. The molecule has 0 saturated carbocycles. The summed E-state index contributed by atoms with van der Waals surface area (Å²) in [6.07, 6.45) is 5.03. The minimum Gasteiger partial charge on any atom is -0.489 e. The highest BCUT2D eigenvalue weighted by Gasteiger charge is 2.17. The van der Waals surface area contributed by atoms with Crippen molar-refractivity contribution in [2.45, 2.75) is 18.7 Å². The van der Waals surface area contributed by atoms with Crippen LogP contribution < -0.4 is 10.2 Å². The van der Waals surface area contributed by atoms with E-state index in [2.05, 4.69) is 25.7 Å². The summed E-state index contributed by atoms with van der Waals surface area (Å²) < 4.78 is 7.75. The van der Waals surface area contributed by atoms with Crippen molar-refractivity contribution in [2.24, 2.45) is 5.10 Å². The van der Waals surface area contributed by atoms with Crippen molar-refractivity contribution >= 4 is 23.9 Å². The van der Waals surface area contributed by atoms with Crippen molar-refractivity contribution in [2.75, 3.05) is 5.75 Å². The average Bonchev–Trinajstić information content (AvgIpc) is 3.41. The maximum atomic E-state index is 12.5. The van der Waals surface area contributed by atoms with Crippen molar-refractivity contribution in [1.82, 2.24) is 25.2 Å². The van der Waals surface area contributed by atoms with E-state index in [9.17, 15) is 4.79 Å². The molecule has 1 amide bonds. The van der Waals surface area contributed by atoms with Gasteiger partial charge in [-0.25, -0.2) is 5.43 Å². The van der Waals surface area contributed by atoms with Gasteiger partial charge in [-0.1, -0.05) is 59.8 Å². The molecule has 0 saturated heterocycles. The summed E-state index contributed by atoms with van der Waals surface area (Å²) in [5.74, 6) is 1.32. The van der Waals surface area contributed by atoms with Gasteiger partial charge in [-0.2, -0.15) is 5.10 Å². The molecular weight excluding hydrogens is 508 g/mol. The third-order valence-electron chi connectivity index (χ3n) is 5.73. The maximum absolute atomic E-state index is 12.5. The normalized spacial score (nSPS) is 11.0. The monoisotopic (exact) mass is 534 g/mol. The van der Waals surface area contributed by atoms with Crippen molar-refractivity contribution in [3.05, 3.63) is 120 Å². The number of carbonyl (C=O) groups excluding carboxylic acids is 1. The molecule has 2 aromatic heterocycles. The highest BCUT2D eigenvalue weighted by molar-refractivity contribution is 7.99. The molecule has 3 aromatic carbocycles. The standard InChI is InChI=1S/C30H26N6O2S/c1-22-7-11-26(12-8-22)36-29(25-15-17-31-18-16-25)34-35-30(36)39-21-28(37)33-32-19-23-9-13-27(14-10-23)38-20-24-5-3-2-4-6-24/h2-19H,20-21H2,1H3,(H,33,37)/b32-19+. The van der Waals surface area contributed by atoms with Crippen molar-refractivity contribution in [1.29, 1.82) is 0 Å². The first-order valence-electron chi connectivity index (χ1n) is 12.3. The summed E-state index contributed by atoms with van der Waals surface area (Å²) in [6, 6.07) is 29.4. The SMILES string of the molecule is Cc1ccc(-n2c(SCC(=O)N/N=C/c3ccc(OCc4ccccc4)cc3)nnc2-c2ccncc2)cc1. The Bertz CT molecular complexity index is 1540. The van der Waals surface area contributed by atoms with Crippen LogP contribution in [0.4, 0.5) is 0 Å². The number of aryl methyl sites for hydroxylation is 1. The number of hydrogen-bond acceptors (Lipinski definition) is 7. The van der Waals surface area contributed by atoms with Gasteiger partial charge in [0.25, 0.3) is 5.91 Å². The number of aromatic nitrogens is 4. The first-order valence-corrected chi connectivity index (χ1v) is 13.3. The Morgan fingerprint density at radius 1 is 0.949 bits per heavy atom.